The van der Waals surface area contributed by atoms with Crippen molar-refractivity contribution < 1.29 is 4.79 Å². The van der Waals surface area contributed by atoms with Gasteiger partial charge < -0.3 is 10.2 Å². The first-order valence-electron chi connectivity index (χ1n) is 3.98. The zero-order valence-electron chi connectivity index (χ0n) is 6.68. The molecule has 1 N–H and O–H groups in total. The number of carbonyl (C=O) groups is 1. The largest absolute Gasteiger partial charge is 0.338 e. The molecule has 62 valence electrons. The Hall–Kier alpha value is -0.990. The Balaban J connectivity index is 2.29. The van der Waals surface area contributed by atoms with Crippen molar-refractivity contribution in [2.45, 2.75) is 12.8 Å². The smallest absolute Gasteiger partial charge is 0.317 e. The molecule has 1 rings (SSSR count). The van der Waals surface area contributed by atoms with Gasteiger partial charge in [0.05, 0.1) is 0 Å². The summed E-state index contributed by atoms with van der Waals surface area (Å²) >= 11 is 0. The van der Waals surface area contributed by atoms with E-state index in [9.17, 15) is 4.79 Å². The molecule has 0 spiro atoms. The van der Waals surface area contributed by atoms with E-state index in [1.54, 1.807) is 0 Å². The zero-order chi connectivity index (χ0) is 8.10. The lowest BCUT2D eigenvalue weighted by atomic mass is 10.3. The summed E-state index contributed by atoms with van der Waals surface area (Å²) in [5, 5.41) is 2.79. The predicted molar refractivity (Wildman–Crippen MR) is 44.4 cm³/mol. The monoisotopic (exact) mass is 154 g/mol. The van der Waals surface area contributed by atoms with Crippen LogP contribution in [0.5, 0.6) is 0 Å². The third-order valence-corrected chi connectivity index (χ3v) is 1.77. The Labute approximate surface area is 67.1 Å². The summed E-state index contributed by atoms with van der Waals surface area (Å²) < 4.78 is 0. The third-order valence-electron chi connectivity index (χ3n) is 1.77. The fourth-order valence-electron chi connectivity index (χ4n) is 1.14. The van der Waals surface area contributed by atoms with Crippen molar-refractivity contribution >= 4 is 6.03 Å². The van der Waals surface area contributed by atoms with Crippen LogP contribution in [0.15, 0.2) is 12.7 Å². The minimum Gasteiger partial charge on any atom is -0.338 e. The molecule has 0 atom stereocenters. The van der Waals surface area contributed by atoms with E-state index < -0.39 is 0 Å². The molecule has 0 saturated carbocycles. The Morgan fingerprint density at radius 3 is 3.18 bits per heavy atom. The Bertz CT molecular complexity index is 156. The summed E-state index contributed by atoms with van der Waals surface area (Å²) in [6.45, 7) is 6.12. The zero-order valence-corrected chi connectivity index (χ0v) is 6.68. The summed E-state index contributed by atoms with van der Waals surface area (Å²) in [6.07, 6.45) is 3.78. The molecule has 1 aliphatic rings. The van der Waals surface area contributed by atoms with Crippen molar-refractivity contribution in [3.8, 4) is 0 Å². The number of hydrogen-bond acceptors (Lipinski definition) is 1. The van der Waals surface area contributed by atoms with Gasteiger partial charge in [-0.15, -0.1) is 6.58 Å². The molecular weight excluding hydrogens is 140 g/mol. The topological polar surface area (TPSA) is 32.3 Å². The van der Waals surface area contributed by atoms with Gasteiger partial charge in [-0.05, 0) is 12.8 Å². The molecule has 0 radical (unpaired) electrons. The van der Waals surface area contributed by atoms with Crippen molar-refractivity contribution in [1.29, 1.82) is 0 Å². The average molecular weight is 154 g/mol. The van der Waals surface area contributed by atoms with Gasteiger partial charge in [-0.1, -0.05) is 6.08 Å². The lowest BCUT2D eigenvalue weighted by molar-refractivity contribution is 0.187. The maximum Gasteiger partial charge on any atom is 0.317 e. The van der Waals surface area contributed by atoms with Gasteiger partial charge in [-0.2, -0.15) is 0 Å². The molecule has 0 unspecified atom stereocenters. The second kappa shape index (κ2) is 4.01. The molecule has 2 amide bonds. The van der Waals surface area contributed by atoms with Gasteiger partial charge in [0.25, 0.3) is 0 Å². The summed E-state index contributed by atoms with van der Waals surface area (Å²) in [4.78, 5) is 12.9. The molecular formula is C8H14N2O. The van der Waals surface area contributed by atoms with Gasteiger partial charge in [-0.3, -0.25) is 0 Å². The fraction of sp³-hybridized carbons (Fsp3) is 0.625. The molecule has 1 heterocycles. The van der Waals surface area contributed by atoms with Crippen LogP contribution in [-0.2, 0) is 0 Å². The van der Waals surface area contributed by atoms with Crippen LogP contribution in [0.3, 0.4) is 0 Å². The molecule has 1 aliphatic heterocycles. The molecule has 3 heteroatoms. The van der Waals surface area contributed by atoms with Crippen molar-refractivity contribution in [2.75, 3.05) is 19.6 Å². The lowest BCUT2D eigenvalue weighted by Gasteiger charge is -2.26. The SMILES string of the molecule is C=CCCN1CCCNC1=O. The molecule has 0 bridgehead atoms. The quantitative estimate of drug-likeness (QED) is 0.604. The minimum atomic E-state index is 0.0677. The Morgan fingerprint density at radius 2 is 2.55 bits per heavy atom. The van der Waals surface area contributed by atoms with Gasteiger partial charge in [-0.25, -0.2) is 4.79 Å². The van der Waals surface area contributed by atoms with E-state index in [0.29, 0.717) is 0 Å². The van der Waals surface area contributed by atoms with E-state index in [2.05, 4.69) is 11.9 Å². The average Bonchev–Trinajstić information content (AvgIpc) is 2.03. The van der Waals surface area contributed by atoms with Crippen LogP contribution < -0.4 is 5.32 Å². The summed E-state index contributed by atoms with van der Waals surface area (Å²) in [6, 6.07) is 0.0677. The molecule has 0 aromatic carbocycles. The Morgan fingerprint density at radius 1 is 1.73 bits per heavy atom. The van der Waals surface area contributed by atoms with Crippen molar-refractivity contribution in [1.82, 2.24) is 10.2 Å². The highest BCUT2D eigenvalue weighted by molar-refractivity contribution is 5.74. The van der Waals surface area contributed by atoms with Gasteiger partial charge in [0, 0.05) is 19.6 Å². The first-order chi connectivity index (χ1) is 5.34. The van der Waals surface area contributed by atoms with Crippen molar-refractivity contribution in [2.24, 2.45) is 0 Å². The number of urea groups is 1. The standard InChI is InChI=1S/C8H14N2O/c1-2-3-6-10-7-4-5-9-8(10)11/h2H,1,3-7H2,(H,9,11). The maximum atomic E-state index is 11.1. The van der Waals surface area contributed by atoms with E-state index in [4.69, 9.17) is 0 Å². The van der Waals surface area contributed by atoms with Crippen LogP contribution in [0.25, 0.3) is 0 Å². The molecule has 1 fully saturated rings. The number of nitrogens with zero attached hydrogens (tertiary/aromatic N) is 1. The summed E-state index contributed by atoms with van der Waals surface area (Å²) in [5.41, 5.74) is 0. The second-order valence-electron chi connectivity index (χ2n) is 2.65. The van der Waals surface area contributed by atoms with Crippen molar-refractivity contribution in [3.05, 3.63) is 12.7 Å². The molecule has 0 aromatic rings. The van der Waals surface area contributed by atoms with E-state index in [-0.39, 0.29) is 6.03 Å². The number of amides is 2. The van der Waals surface area contributed by atoms with Crippen LogP contribution in [0.2, 0.25) is 0 Å². The molecule has 0 aromatic heterocycles. The predicted octanol–water partition coefficient (Wildman–Crippen LogP) is 0.978. The van der Waals surface area contributed by atoms with Gasteiger partial charge in [0.2, 0.25) is 0 Å². The highest BCUT2D eigenvalue weighted by atomic mass is 16.2. The molecule has 0 aliphatic carbocycles. The van der Waals surface area contributed by atoms with Crippen molar-refractivity contribution in [3.63, 3.8) is 0 Å². The Kier molecular flexibility index (Phi) is 2.95. The number of hydrogen-bond donors (Lipinski definition) is 1. The third kappa shape index (κ3) is 2.26. The second-order valence-corrected chi connectivity index (χ2v) is 2.65. The first-order valence-corrected chi connectivity index (χ1v) is 3.98. The van der Waals surface area contributed by atoms with Gasteiger partial charge in [0.1, 0.15) is 0 Å². The maximum absolute atomic E-state index is 11.1. The number of nitrogens with one attached hydrogen (secondary N) is 1. The van der Waals surface area contributed by atoms with Crippen LogP contribution in [-0.4, -0.2) is 30.6 Å². The van der Waals surface area contributed by atoms with E-state index in [1.807, 2.05) is 11.0 Å². The van der Waals surface area contributed by atoms with Crippen LogP contribution in [0.4, 0.5) is 4.79 Å². The van der Waals surface area contributed by atoms with Crippen LogP contribution in [0, 0.1) is 0 Å². The lowest BCUT2D eigenvalue weighted by Crippen LogP contribution is -2.46. The van der Waals surface area contributed by atoms with Crippen LogP contribution >= 0.6 is 0 Å². The molecule has 1 saturated heterocycles. The highest BCUT2D eigenvalue weighted by Crippen LogP contribution is 1.99. The highest BCUT2D eigenvalue weighted by Gasteiger charge is 2.15. The molecule has 11 heavy (non-hydrogen) atoms. The molecule has 3 nitrogen and oxygen atoms in total. The summed E-state index contributed by atoms with van der Waals surface area (Å²) in [5.74, 6) is 0. The first kappa shape index (κ1) is 8.11. The normalized spacial score (nSPS) is 17.8. The minimum absolute atomic E-state index is 0.0677. The van der Waals surface area contributed by atoms with Crippen LogP contribution in [0.1, 0.15) is 12.8 Å². The van der Waals surface area contributed by atoms with E-state index in [0.717, 1.165) is 32.5 Å². The number of rotatable bonds is 3. The van der Waals surface area contributed by atoms with E-state index >= 15 is 0 Å². The van der Waals surface area contributed by atoms with E-state index in [1.165, 1.54) is 0 Å². The summed E-state index contributed by atoms with van der Waals surface area (Å²) in [7, 11) is 0. The van der Waals surface area contributed by atoms with Gasteiger partial charge in [0.15, 0.2) is 0 Å². The number of carbonyl (C=O) groups excluding carboxylic acids is 1. The fourth-order valence-corrected chi connectivity index (χ4v) is 1.14. The van der Waals surface area contributed by atoms with Gasteiger partial charge >= 0.3 is 6.03 Å².